The molecule has 33 heavy (non-hydrogen) atoms. The highest BCUT2D eigenvalue weighted by Gasteiger charge is 2.58. The van der Waals surface area contributed by atoms with Gasteiger partial charge >= 0.3 is 11.9 Å². The summed E-state index contributed by atoms with van der Waals surface area (Å²) in [5, 5.41) is 0. The van der Waals surface area contributed by atoms with E-state index in [2.05, 4.69) is 57.2 Å². The lowest BCUT2D eigenvalue weighted by atomic mass is 9.54. The van der Waals surface area contributed by atoms with E-state index in [9.17, 15) is 9.59 Å². The van der Waals surface area contributed by atoms with E-state index in [1.807, 2.05) is 0 Å². The standard InChI is InChI=1S/C28H47IO4/c1-18(2)8-7-9-19(3)23-10-11-24-22(17-29)25(13-14-27(23,24)5)28(6)15-12-21(32-20(4)30)16-26(31)33-28/h18-19,21-25H,7-17H2,1-6H3/t19-,21+,22+,23-,24+,25+,27-,28-/m1/s1. The van der Waals surface area contributed by atoms with E-state index in [1.54, 1.807) is 0 Å². The van der Waals surface area contributed by atoms with Crippen LogP contribution in [0.2, 0.25) is 0 Å². The zero-order valence-electron chi connectivity index (χ0n) is 21.8. The Labute approximate surface area is 215 Å². The smallest absolute Gasteiger partial charge is 0.310 e. The maximum Gasteiger partial charge on any atom is 0.310 e. The summed E-state index contributed by atoms with van der Waals surface area (Å²) in [5.41, 5.74) is -0.0426. The van der Waals surface area contributed by atoms with Crippen LogP contribution in [0.5, 0.6) is 0 Å². The van der Waals surface area contributed by atoms with Crippen LogP contribution in [0.25, 0.3) is 0 Å². The zero-order valence-corrected chi connectivity index (χ0v) is 24.0. The predicted molar refractivity (Wildman–Crippen MR) is 141 cm³/mol. The van der Waals surface area contributed by atoms with Gasteiger partial charge in [0.25, 0.3) is 0 Å². The Bertz CT molecular complexity index is 693. The SMILES string of the molecule is CC(=O)O[C@H]1CC[C@](C)([C@H]2CC[C@]3(C)[C@@H]([C@H](C)CCCC(C)C)CC[C@H]3[C@@H]2CI)OC(=O)C1. The lowest BCUT2D eigenvalue weighted by molar-refractivity contribution is -0.171. The van der Waals surface area contributed by atoms with Gasteiger partial charge in [-0.25, -0.2) is 0 Å². The van der Waals surface area contributed by atoms with Crippen molar-refractivity contribution < 1.29 is 19.1 Å². The minimum absolute atomic E-state index is 0.188. The highest BCUT2D eigenvalue weighted by atomic mass is 127. The monoisotopic (exact) mass is 574 g/mol. The first-order valence-corrected chi connectivity index (χ1v) is 15.0. The number of hydrogen-bond acceptors (Lipinski definition) is 4. The van der Waals surface area contributed by atoms with Crippen molar-refractivity contribution in [2.75, 3.05) is 4.43 Å². The van der Waals surface area contributed by atoms with Gasteiger partial charge in [-0.15, -0.1) is 0 Å². The second-order valence-corrected chi connectivity index (χ2v) is 13.2. The molecule has 0 radical (unpaired) electrons. The normalized spacial score (nSPS) is 40.1. The molecule has 0 aromatic heterocycles. The number of halogens is 1. The molecule has 2 aliphatic carbocycles. The molecule has 4 nitrogen and oxygen atoms in total. The number of rotatable bonds is 8. The number of carbonyl (C=O) groups excluding carboxylic acids is 2. The van der Waals surface area contributed by atoms with Gasteiger partial charge in [-0.3, -0.25) is 9.59 Å². The molecule has 3 fully saturated rings. The maximum absolute atomic E-state index is 12.7. The van der Waals surface area contributed by atoms with Crippen LogP contribution in [0, 0.1) is 40.9 Å². The Morgan fingerprint density at radius 3 is 2.45 bits per heavy atom. The van der Waals surface area contributed by atoms with Crippen molar-refractivity contribution in [3.8, 4) is 0 Å². The quantitative estimate of drug-likeness (QED) is 0.173. The molecule has 0 N–H and O–H groups in total. The van der Waals surface area contributed by atoms with Crippen molar-refractivity contribution in [2.45, 2.75) is 117 Å². The molecule has 1 saturated heterocycles. The molecule has 0 amide bonds. The Hall–Kier alpha value is -0.330. The Kier molecular flexibility index (Phi) is 9.22. The first-order chi connectivity index (χ1) is 15.5. The lowest BCUT2D eigenvalue weighted by Crippen LogP contribution is -2.51. The number of hydrogen-bond donors (Lipinski definition) is 0. The predicted octanol–water partition coefficient (Wildman–Crippen LogP) is 7.36. The fourth-order valence-electron chi connectivity index (χ4n) is 7.97. The van der Waals surface area contributed by atoms with E-state index in [0.717, 1.165) is 35.0 Å². The van der Waals surface area contributed by atoms with Gasteiger partial charge in [0.05, 0.1) is 6.42 Å². The van der Waals surface area contributed by atoms with Crippen LogP contribution >= 0.6 is 22.6 Å². The van der Waals surface area contributed by atoms with E-state index >= 15 is 0 Å². The molecule has 190 valence electrons. The summed E-state index contributed by atoms with van der Waals surface area (Å²) in [6.07, 6.45) is 10.5. The van der Waals surface area contributed by atoms with Crippen LogP contribution in [0.1, 0.15) is 106 Å². The summed E-state index contributed by atoms with van der Waals surface area (Å²) in [4.78, 5) is 24.2. The molecule has 3 aliphatic rings. The molecular formula is C28H47IO4. The van der Waals surface area contributed by atoms with Gasteiger partial charge in [0.2, 0.25) is 0 Å². The Morgan fingerprint density at radius 2 is 1.82 bits per heavy atom. The van der Waals surface area contributed by atoms with Crippen molar-refractivity contribution in [1.82, 2.24) is 0 Å². The molecule has 8 atom stereocenters. The summed E-state index contributed by atoms with van der Waals surface area (Å²) in [6, 6.07) is 0. The zero-order chi connectivity index (χ0) is 24.4. The highest BCUT2D eigenvalue weighted by molar-refractivity contribution is 14.1. The highest BCUT2D eigenvalue weighted by Crippen LogP contribution is 2.63. The number of carbonyl (C=O) groups is 2. The minimum Gasteiger partial charge on any atom is -0.462 e. The van der Waals surface area contributed by atoms with Gasteiger partial charge in [0.1, 0.15) is 11.7 Å². The van der Waals surface area contributed by atoms with E-state index in [0.29, 0.717) is 29.6 Å². The van der Waals surface area contributed by atoms with Crippen LogP contribution in [0.4, 0.5) is 0 Å². The summed E-state index contributed by atoms with van der Waals surface area (Å²) >= 11 is 2.59. The molecular weight excluding hydrogens is 527 g/mol. The van der Waals surface area contributed by atoms with Crippen molar-refractivity contribution in [2.24, 2.45) is 40.9 Å². The molecule has 0 unspecified atom stereocenters. The van der Waals surface area contributed by atoms with E-state index < -0.39 is 5.60 Å². The second-order valence-electron chi connectivity index (χ2n) is 12.3. The molecule has 5 heteroatoms. The summed E-state index contributed by atoms with van der Waals surface area (Å²) in [5.74, 6) is 3.59. The summed E-state index contributed by atoms with van der Waals surface area (Å²) < 4.78 is 12.7. The number of fused-ring (bicyclic) bond motifs is 1. The molecule has 0 spiro atoms. The molecule has 3 rings (SSSR count). The summed E-state index contributed by atoms with van der Waals surface area (Å²) in [6.45, 7) is 13.3. The van der Waals surface area contributed by atoms with Gasteiger partial charge in [-0.1, -0.05) is 69.5 Å². The van der Waals surface area contributed by atoms with E-state index in [4.69, 9.17) is 9.47 Å². The molecule has 1 aliphatic heterocycles. The third-order valence-electron chi connectivity index (χ3n) is 9.64. The van der Waals surface area contributed by atoms with Crippen molar-refractivity contribution in [1.29, 1.82) is 0 Å². The fraction of sp³-hybridized carbons (Fsp3) is 0.929. The van der Waals surface area contributed by atoms with Gasteiger partial charge in [-0.05, 0) is 80.5 Å². The first-order valence-electron chi connectivity index (χ1n) is 13.4. The van der Waals surface area contributed by atoms with Gasteiger partial charge in [-0.2, -0.15) is 0 Å². The van der Waals surface area contributed by atoms with Crippen molar-refractivity contribution >= 4 is 34.5 Å². The second kappa shape index (κ2) is 11.2. The van der Waals surface area contributed by atoms with E-state index in [1.165, 1.54) is 45.4 Å². The number of esters is 2. The number of cyclic esters (lactones) is 1. The molecule has 1 heterocycles. The Balaban J connectivity index is 1.73. The first kappa shape index (κ1) is 27.3. The fourth-order valence-corrected chi connectivity index (χ4v) is 9.20. The van der Waals surface area contributed by atoms with Crippen LogP contribution in [0.15, 0.2) is 0 Å². The van der Waals surface area contributed by atoms with Crippen molar-refractivity contribution in [3.05, 3.63) is 0 Å². The topological polar surface area (TPSA) is 52.6 Å². The van der Waals surface area contributed by atoms with Crippen molar-refractivity contribution in [3.63, 3.8) is 0 Å². The maximum atomic E-state index is 12.7. The van der Waals surface area contributed by atoms with Gasteiger partial charge < -0.3 is 9.47 Å². The molecule has 0 bridgehead atoms. The average Bonchev–Trinajstić information content (AvgIpc) is 3.00. The largest absolute Gasteiger partial charge is 0.462 e. The third kappa shape index (κ3) is 6.09. The van der Waals surface area contributed by atoms with Gasteiger partial charge in [0.15, 0.2) is 0 Å². The van der Waals surface area contributed by atoms with Crippen LogP contribution < -0.4 is 0 Å². The average molecular weight is 575 g/mol. The van der Waals surface area contributed by atoms with Crippen LogP contribution in [-0.4, -0.2) is 28.1 Å². The van der Waals surface area contributed by atoms with Crippen LogP contribution in [-0.2, 0) is 19.1 Å². The minimum atomic E-state index is -0.454. The molecule has 2 saturated carbocycles. The van der Waals surface area contributed by atoms with Gasteiger partial charge in [0, 0.05) is 17.3 Å². The molecule has 0 aromatic carbocycles. The molecule has 0 aromatic rings. The van der Waals surface area contributed by atoms with Crippen LogP contribution in [0.3, 0.4) is 0 Å². The number of ether oxygens (including phenoxy) is 2. The van der Waals surface area contributed by atoms with E-state index in [-0.39, 0.29) is 24.5 Å². The third-order valence-corrected chi connectivity index (χ3v) is 10.7. The lowest BCUT2D eigenvalue weighted by Gasteiger charge is -2.53. The summed E-state index contributed by atoms with van der Waals surface area (Å²) in [7, 11) is 0. The number of alkyl halides is 1. The Morgan fingerprint density at radius 1 is 1.09 bits per heavy atom.